The van der Waals surface area contributed by atoms with Crippen molar-refractivity contribution in [2.45, 2.75) is 40.2 Å². The Hall–Kier alpha value is -0.540. The standard InChI is InChI=1S/C15H25BrN2/c1-5-10-17-12(4)14-9-8-13(16)11-15(14)18(6-2)7-3/h8-9,11-12,17H,5-7,10H2,1-4H3. The van der Waals surface area contributed by atoms with Gasteiger partial charge < -0.3 is 10.2 Å². The zero-order valence-corrected chi connectivity index (χ0v) is 13.5. The predicted octanol–water partition coefficient (Wildman–Crippen LogP) is 4.36. The van der Waals surface area contributed by atoms with Crippen molar-refractivity contribution < 1.29 is 0 Å². The van der Waals surface area contributed by atoms with Crippen LogP contribution in [0.4, 0.5) is 5.69 Å². The van der Waals surface area contributed by atoms with E-state index in [0.717, 1.165) is 24.1 Å². The lowest BCUT2D eigenvalue weighted by atomic mass is 10.0. The maximum absolute atomic E-state index is 3.58. The van der Waals surface area contributed by atoms with Crippen LogP contribution >= 0.6 is 15.9 Å². The Labute approximate surface area is 120 Å². The monoisotopic (exact) mass is 312 g/mol. The van der Waals surface area contributed by atoms with Crippen molar-refractivity contribution in [3.8, 4) is 0 Å². The van der Waals surface area contributed by atoms with Crippen LogP contribution in [-0.4, -0.2) is 19.6 Å². The first kappa shape index (κ1) is 15.5. The first-order valence-electron chi connectivity index (χ1n) is 6.91. The highest BCUT2D eigenvalue weighted by molar-refractivity contribution is 9.10. The van der Waals surface area contributed by atoms with Gasteiger partial charge in [-0.3, -0.25) is 0 Å². The lowest BCUT2D eigenvalue weighted by Gasteiger charge is -2.27. The van der Waals surface area contributed by atoms with Gasteiger partial charge in [0.25, 0.3) is 0 Å². The van der Waals surface area contributed by atoms with Crippen LogP contribution in [-0.2, 0) is 0 Å². The third-order valence-electron chi connectivity index (χ3n) is 3.26. The molecule has 0 saturated carbocycles. The van der Waals surface area contributed by atoms with Crippen molar-refractivity contribution in [1.29, 1.82) is 0 Å². The molecule has 0 radical (unpaired) electrons. The van der Waals surface area contributed by atoms with Crippen molar-refractivity contribution in [3.05, 3.63) is 28.2 Å². The lowest BCUT2D eigenvalue weighted by Crippen LogP contribution is -2.26. The van der Waals surface area contributed by atoms with E-state index in [4.69, 9.17) is 0 Å². The second-order valence-electron chi connectivity index (χ2n) is 4.55. The molecule has 0 aliphatic heterocycles. The largest absolute Gasteiger partial charge is 0.372 e. The number of nitrogens with zero attached hydrogens (tertiary/aromatic N) is 1. The number of halogens is 1. The van der Waals surface area contributed by atoms with E-state index in [9.17, 15) is 0 Å². The van der Waals surface area contributed by atoms with Crippen LogP contribution in [0, 0.1) is 0 Å². The fourth-order valence-corrected chi connectivity index (χ4v) is 2.54. The summed E-state index contributed by atoms with van der Waals surface area (Å²) in [5.74, 6) is 0. The summed E-state index contributed by atoms with van der Waals surface area (Å²) in [6, 6.07) is 6.98. The molecule has 0 amide bonds. The van der Waals surface area contributed by atoms with Gasteiger partial charge in [0.05, 0.1) is 0 Å². The van der Waals surface area contributed by atoms with Crippen molar-refractivity contribution in [2.24, 2.45) is 0 Å². The lowest BCUT2D eigenvalue weighted by molar-refractivity contribution is 0.569. The van der Waals surface area contributed by atoms with Crippen LogP contribution in [0.15, 0.2) is 22.7 Å². The van der Waals surface area contributed by atoms with Crippen LogP contribution in [0.25, 0.3) is 0 Å². The Bertz CT molecular complexity index is 362. The second-order valence-corrected chi connectivity index (χ2v) is 5.47. The van der Waals surface area contributed by atoms with Crippen LogP contribution < -0.4 is 10.2 Å². The minimum Gasteiger partial charge on any atom is -0.372 e. The van der Waals surface area contributed by atoms with Crippen molar-refractivity contribution in [1.82, 2.24) is 5.32 Å². The van der Waals surface area contributed by atoms with E-state index in [1.54, 1.807) is 0 Å². The number of anilines is 1. The third kappa shape index (κ3) is 3.99. The topological polar surface area (TPSA) is 15.3 Å². The molecule has 0 fully saturated rings. The predicted molar refractivity (Wildman–Crippen MR) is 84.4 cm³/mol. The maximum Gasteiger partial charge on any atom is 0.0425 e. The summed E-state index contributed by atoms with van der Waals surface area (Å²) < 4.78 is 1.15. The Morgan fingerprint density at radius 2 is 1.89 bits per heavy atom. The average Bonchev–Trinajstić information content (AvgIpc) is 2.37. The molecule has 0 saturated heterocycles. The summed E-state index contributed by atoms with van der Waals surface area (Å²) >= 11 is 3.58. The van der Waals surface area contributed by atoms with Crippen molar-refractivity contribution >= 4 is 21.6 Å². The molecule has 1 aromatic rings. The second kappa shape index (κ2) is 7.80. The highest BCUT2D eigenvalue weighted by Gasteiger charge is 2.13. The van der Waals surface area contributed by atoms with Gasteiger partial charge in [-0.15, -0.1) is 0 Å². The van der Waals surface area contributed by atoms with Crippen molar-refractivity contribution in [3.63, 3.8) is 0 Å². The quantitative estimate of drug-likeness (QED) is 0.805. The van der Waals surface area contributed by atoms with E-state index in [1.165, 1.54) is 17.7 Å². The van der Waals surface area contributed by atoms with Crippen LogP contribution in [0.3, 0.4) is 0 Å². The minimum absolute atomic E-state index is 0.397. The van der Waals surface area contributed by atoms with E-state index < -0.39 is 0 Å². The molecule has 3 heteroatoms. The molecule has 0 bridgehead atoms. The van der Waals surface area contributed by atoms with E-state index in [2.05, 4.69) is 72.0 Å². The van der Waals surface area contributed by atoms with Gasteiger partial charge in [0.1, 0.15) is 0 Å². The van der Waals surface area contributed by atoms with Gasteiger partial charge in [-0.2, -0.15) is 0 Å². The van der Waals surface area contributed by atoms with E-state index in [-0.39, 0.29) is 0 Å². The molecule has 0 aliphatic carbocycles. The molecule has 0 aliphatic rings. The molecule has 0 heterocycles. The summed E-state index contributed by atoms with van der Waals surface area (Å²) in [5, 5.41) is 3.57. The highest BCUT2D eigenvalue weighted by atomic mass is 79.9. The summed E-state index contributed by atoms with van der Waals surface area (Å²) in [5.41, 5.74) is 2.72. The molecule has 1 unspecified atom stereocenters. The molecule has 1 N–H and O–H groups in total. The number of hydrogen-bond acceptors (Lipinski definition) is 2. The number of benzene rings is 1. The molecule has 18 heavy (non-hydrogen) atoms. The Morgan fingerprint density at radius 3 is 2.44 bits per heavy atom. The van der Waals surface area contributed by atoms with E-state index in [1.807, 2.05) is 0 Å². The zero-order valence-electron chi connectivity index (χ0n) is 12.0. The first-order valence-corrected chi connectivity index (χ1v) is 7.71. The molecule has 2 nitrogen and oxygen atoms in total. The van der Waals surface area contributed by atoms with Gasteiger partial charge in [-0.1, -0.05) is 28.9 Å². The van der Waals surface area contributed by atoms with E-state index in [0.29, 0.717) is 6.04 Å². The smallest absolute Gasteiger partial charge is 0.0425 e. The summed E-state index contributed by atoms with van der Waals surface area (Å²) in [4.78, 5) is 2.41. The summed E-state index contributed by atoms with van der Waals surface area (Å²) in [6.07, 6.45) is 1.17. The van der Waals surface area contributed by atoms with Gasteiger partial charge in [0, 0.05) is 29.3 Å². The summed E-state index contributed by atoms with van der Waals surface area (Å²) in [6.45, 7) is 12.0. The first-order chi connectivity index (χ1) is 8.63. The highest BCUT2D eigenvalue weighted by Crippen LogP contribution is 2.29. The Balaban J connectivity index is 3.02. The molecular weight excluding hydrogens is 288 g/mol. The molecule has 102 valence electrons. The zero-order chi connectivity index (χ0) is 13.5. The fourth-order valence-electron chi connectivity index (χ4n) is 2.19. The molecule has 0 spiro atoms. The fraction of sp³-hybridized carbons (Fsp3) is 0.600. The SMILES string of the molecule is CCCNC(C)c1ccc(Br)cc1N(CC)CC. The average molecular weight is 313 g/mol. The number of rotatable bonds is 7. The van der Waals surface area contributed by atoms with Gasteiger partial charge >= 0.3 is 0 Å². The van der Waals surface area contributed by atoms with Crippen LogP contribution in [0.1, 0.15) is 45.7 Å². The summed E-state index contributed by atoms with van der Waals surface area (Å²) in [7, 11) is 0. The molecule has 0 aromatic heterocycles. The Morgan fingerprint density at radius 1 is 1.22 bits per heavy atom. The van der Waals surface area contributed by atoms with Crippen LogP contribution in [0.2, 0.25) is 0 Å². The van der Waals surface area contributed by atoms with E-state index >= 15 is 0 Å². The van der Waals surface area contributed by atoms with Gasteiger partial charge in [0.2, 0.25) is 0 Å². The molecule has 1 rings (SSSR count). The molecular formula is C15H25BrN2. The minimum atomic E-state index is 0.397. The van der Waals surface area contributed by atoms with Gasteiger partial charge in [-0.05, 0) is 51.4 Å². The normalized spacial score (nSPS) is 12.5. The number of hydrogen-bond donors (Lipinski definition) is 1. The molecule has 1 atom stereocenters. The Kier molecular flexibility index (Phi) is 6.72. The molecule has 1 aromatic carbocycles. The third-order valence-corrected chi connectivity index (χ3v) is 3.76. The van der Waals surface area contributed by atoms with Crippen LogP contribution in [0.5, 0.6) is 0 Å². The van der Waals surface area contributed by atoms with Gasteiger partial charge in [0.15, 0.2) is 0 Å². The maximum atomic E-state index is 3.58. The van der Waals surface area contributed by atoms with Gasteiger partial charge in [-0.25, -0.2) is 0 Å². The van der Waals surface area contributed by atoms with Crippen molar-refractivity contribution in [2.75, 3.05) is 24.5 Å². The number of nitrogens with one attached hydrogen (secondary N) is 1.